The van der Waals surface area contributed by atoms with Crippen molar-refractivity contribution in [3.63, 3.8) is 0 Å². The first-order valence-electron chi connectivity index (χ1n) is 10.4. The van der Waals surface area contributed by atoms with Crippen LogP contribution in [0.15, 0.2) is 12.2 Å². The molecule has 2 rings (SSSR count). The summed E-state index contributed by atoms with van der Waals surface area (Å²) >= 11 is 0. The molecular weight excluding hydrogens is 360 g/mol. The molecule has 2 fully saturated rings. The van der Waals surface area contributed by atoms with E-state index >= 15 is 0 Å². The molecule has 0 radical (unpaired) electrons. The van der Waals surface area contributed by atoms with E-state index < -0.39 is 11.6 Å². The predicted octanol–water partition coefficient (Wildman–Crippen LogP) is 4.26. The molecule has 6 nitrogen and oxygen atoms in total. The lowest BCUT2D eigenvalue weighted by molar-refractivity contribution is -0.242. The monoisotopic (exact) mass is 396 g/mol. The Kier molecular flexibility index (Phi) is 7.68. The largest absolute Gasteiger partial charge is 0.481 e. The molecule has 5 unspecified atom stereocenters. The number of hydrogen-bond donors (Lipinski definition) is 1. The summed E-state index contributed by atoms with van der Waals surface area (Å²) in [6.07, 6.45) is 5.80. The molecule has 1 N–H and O–H groups in total. The number of rotatable bonds is 11. The highest BCUT2D eigenvalue weighted by Gasteiger charge is 2.54. The van der Waals surface area contributed by atoms with Crippen LogP contribution in [0.25, 0.3) is 0 Å². The second-order valence-corrected chi connectivity index (χ2v) is 9.01. The minimum Gasteiger partial charge on any atom is -0.481 e. The van der Waals surface area contributed by atoms with Gasteiger partial charge in [0.15, 0.2) is 0 Å². The van der Waals surface area contributed by atoms with E-state index in [1.54, 1.807) is 0 Å². The smallest absolute Gasteiger partial charge is 0.306 e. The van der Waals surface area contributed by atoms with Gasteiger partial charge in [-0.2, -0.15) is 0 Å². The summed E-state index contributed by atoms with van der Waals surface area (Å²) in [5.74, 6) is -0.825. The van der Waals surface area contributed by atoms with Crippen molar-refractivity contribution in [2.24, 2.45) is 5.92 Å². The Morgan fingerprint density at radius 2 is 2.04 bits per heavy atom. The van der Waals surface area contributed by atoms with E-state index in [0.717, 1.165) is 50.5 Å². The van der Waals surface area contributed by atoms with Crippen LogP contribution < -0.4 is 0 Å². The summed E-state index contributed by atoms with van der Waals surface area (Å²) < 4.78 is 17.8. The zero-order valence-corrected chi connectivity index (χ0v) is 17.8. The van der Waals surface area contributed by atoms with Gasteiger partial charge in [0.2, 0.25) is 0 Å². The van der Waals surface area contributed by atoms with Gasteiger partial charge in [-0.15, -0.1) is 6.58 Å². The Labute approximate surface area is 168 Å². The molecule has 2 bridgehead atoms. The fraction of sp³-hybridized carbons (Fsp3) is 0.818. The fourth-order valence-corrected chi connectivity index (χ4v) is 4.45. The number of carbonyl (C=O) groups excluding carboxylic acids is 1. The molecule has 2 aliphatic rings. The molecule has 2 heterocycles. The fourth-order valence-electron chi connectivity index (χ4n) is 4.45. The number of ether oxygens (including phenoxy) is 3. The molecule has 5 atom stereocenters. The van der Waals surface area contributed by atoms with Crippen LogP contribution in [0, 0.1) is 5.92 Å². The van der Waals surface area contributed by atoms with Crippen LogP contribution in [0.4, 0.5) is 0 Å². The maximum absolute atomic E-state index is 11.4. The predicted molar refractivity (Wildman–Crippen MR) is 106 cm³/mol. The number of carboxylic acid groups (broad SMARTS) is 1. The second-order valence-electron chi connectivity index (χ2n) is 9.01. The summed E-state index contributed by atoms with van der Waals surface area (Å²) in [6.45, 7) is 11.9. The second kappa shape index (κ2) is 9.40. The number of aliphatic carboxylic acids is 1. The summed E-state index contributed by atoms with van der Waals surface area (Å²) in [6, 6.07) is 0. The van der Waals surface area contributed by atoms with Crippen molar-refractivity contribution in [1.82, 2.24) is 0 Å². The van der Waals surface area contributed by atoms with Crippen molar-refractivity contribution in [1.29, 1.82) is 0 Å². The minimum absolute atomic E-state index is 0.00337. The molecule has 2 aliphatic heterocycles. The maximum Gasteiger partial charge on any atom is 0.306 e. The van der Waals surface area contributed by atoms with Crippen LogP contribution in [-0.2, 0) is 23.8 Å². The molecule has 0 aliphatic carbocycles. The normalized spacial score (nSPS) is 31.2. The first kappa shape index (κ1) is 22.9. The standard InChI is InChI=1S/C22H36O6/c1-15(2)8-9-18(27-17(4)23)16(3)7-6-11-21(5)19-10-12-22(28-19,14-26-21)13-20(24)25/h16,18-19H,1,6-14H2,2-5H3,(H,24,25). The summed E-state index contributed by atoms with van der Waals surface area (Å²) in [7, 11) is 0. The third-order valence-corrected chi connectivity index (χ3v) is 6.21. The Morgan fingerprint density at radius 1 is 1.32 bits per heavy atom. The Bertz CT molecular complexity index is 588. The molecule has 0 aromatic heterocycles. The molecule has 160 valence electrons. The van der Waals surface area contributed by atoms with Gasteiger partial charge in [0.1, 0.15) is 11.7 Å². The summed E-state index contributed by atoms with van der Waals surface area (Å²) in [5, 5.41) is 9.13. The van der Waals surface area contributed by atoms with Crippen LogP contribution in [0.5, 0.6) is 0 Å². The van der Waals surface area contributed by atoms with Crippen LogP contribution in [-0.4, -0.2) is 47.1 Å². The lowest BCUT2D eigenvalue weighted by atomic mass is 9.87. The lowest BCUT2D eigenvalue weighted by Crippen LogP contribution is -2.53. The molecular formula is C22H36O6. The highest BCUT2D eigenvalue weighted by Crippen LogP contribution is 2.46. The van der Waals surface area contributed by atoms with E-state index in [1.165, 1.54) is 6.92 Å². The van der Waals surface area contributed by atoms with Gasteiger partial charge >= 0.3 is 11.9 Å². The van der Waals surface area contributed by atoms with Gasteiger partial charge in [0, 0.05) is 6.92 Å². The van der Waals surface area contributed by atoms with Crippen molar-refractivity contribution < 1.29 is 28.9 Å². The Balaban J connectivity index is 1.85. The van der Waals surface area contributed by atoms with E-state index in [0.29, 0.717) is 6.61 Å². The zero-order chi connectivity index (χ0) is 20.9. The van der Waals surface area contributed by atoms with Gasteiger partial charge in [0.25, 0.3) is 0 Å². The Hall–Kier alpha value is -1.40. The highest BCUT2D eigenvalue weighted by molar-refractivity contribution is 5.68. The maximum atomic E-state index is 11.4. The quantitative estimate of drug-likeness (QED) is 0.415. The number of carboxylic acids is 1. The topological polar surface area (TPSA) is 82.1 Å². The number of esters is 1. The van der Waals surface area contributed by atoms with E-state index in [-0.39, 0.29) is 36.1 Å². The van der Waals surface area contributed by atoms with Gasteiger partial charge in [-0.25, -0.2) is 0 Å². The number of allylic oxidation sites excluding steroid dienone is 1. The van der Waals surface area contributed by atoms with E-state index in [4.69, 9.17) is 19.3 Å². The van der Waals surface area contributed by atoms with Crippen molar-refractivity contribution in [3.8, 4) is 0 Å². The SMILES string of the molecule is C=C(C)CCC(OC(C)=O)C(C)CCCC1(C)OCC2(CC(=O)O)CCC1O2. The average Bonchev–Trinajstić information content (AvgIpc) is 2.95. The molecule has 0 amide bonds. The Morgan fingerprint density at radius 3 is 2.64 bits per heavy atom. The molecule has 0 aromatic rings. The molecule has 0 spiro atoms. The van der Waals surface area contributed by atoms with Gasteiger partial charge < -0.3 is 19.3 Å². The van der Waals surface area contributed by atoms with Crippen LogP contribution >= 0.6 is 0 Å². The first-order chi connectivity index (χ1) is 13.1. The van der Waals surface area contributed by atoms with Gasteiger partial charge in [-0.3, -0.25) is 9.59 Å². The summed E-state index contributed by atoms with van der Waals surface area (Å²) in [5.41, 5.74) is 0.0646. The van der Waals surface area contributed by atoms with Crippen molar-refractivity contribution >= 4 is 11.9 Å². The van der Waals surface area contributed by atoms with Gasteiger partial charge in [0.05, 0.1) is 24.7 Å². The third-order valence-electron chi connectivity index (χ3n) is 6.21. The van der Waals surface area contributed by atoms with Gasteiger partial charge in [-0.05, 0) is 58.3 Å². The summed E-state index contributed by atoms with van der Waals surface area (Å²) in [4.78, 5) is 22.6. The van der Waals surface area contributed by atoms with Crippen LogP contribution in [0.3, 0.4) is 0 Å². The van der Waals surface area contributed by atoms with Crippen molar-refractivity contribution in [3.05, 3.63) is 12.2 Å². The van der Waals surface area contributed by atoms with E-state index in [1.807, 2.05) is 6.92 Å². The van der Waals surface area contributed by atoms with Crippen LogP contribution in [0.1, 0.15) is 79.1 Å². The molecule has 0 saturated carbocycles. The zero-order valence-electron chi connectivity index (χ0n) is 17.8. The molecule has 0 aromatic carbocycles. The van der Waals surface area contributed by atoms with E-state index in [2.05, 4.69) is 20.4 Å². The molecule has 6 heteroatoms. The molecule has 28 heavy (non-hydrogen) atoms. The number of fused-ring (bicyclic) bond motifs is 2. The van der Waals surface area contributed by atoms with Gasteiger partial charge in [-0.1, -0.05) is 18.9 Å². The minimum atomic E-state index is -0.840. The number of carbonyl (C=O) groups is 2. The lowest BCUT2D eigenvalue weighted by Gasteiger charge is -2.44. The molecule has 2 saturated heterocycles. The van der Waals surface area contributed by atoms with Crippen molar-refractivity contribution in [2.45, 2.75) is 102 Å². The number of hydrogen-bond acceptors (Lipinski definition) is 5. The average molecular weight is 397 g/mol. The van der Waals surface area contributed by atoms with E-state index in [9.17, 15) is 9.59 Å². The first-order valence-corrected chi connectivity index (χ1v) is 10.4. The third kappa shape index (κ3) is 6.05. The van der Waals surface area contributed by atoms with Crippen molar-refractivity contribution in [2.75, 3.05) is 6.61 Å². The highest BCUT2D eigenvalue weighted by atomic mass is 16.6. The van der Waals surface area contributed by atoms with Crippen LogP contribution in [0.2, 0.25) is 0 Å².